The van der Waals surface area contributed by atoms with Crippen molar-refractivity contribution in [2.24, 2.45) is 5.92 Å². The van der Waals surface area contributed by atoms with Gasteiger partial charge >= 0.3 is 0 Å². The summed E-state index contributed by atoms with van der Waals surface area (Å²) in [7, 11) is 0. The number of nitrogens with one attached hydrogen (secondary N) is 1. The highest BCUT2D eigenvalue weighted by Crippen LogP contribution is 2.32. The normalized spacial score (nSPS) is 19.2. The van der Waals surface area contributed by atoms with Crippen molar-refractivity contribution in [2.45, 2.75) is 38.1 Å². The summed E-state index contributed by atoms with van der Waals surface area (Å²) in [5, 5.41) is 7.11. The van der Waals surface area contributed by atoms with Crippen LogP contribution >= 0.6 is 0 Å². The molecule has 2 aromatic heterocycles. The van der Waals surface area contributed by atoms with Crippen molar-refractivity contribution in [1.82, 2.24) is 19.7 Å². The molecule has 1 aromatic carbocycles. The van der Waals surface area contributed by atoms with Crippen molar-refractivity contribution in [3.05, 3.63) is 48.4 Å². The molecule has 1 N–H and O–H groups in total. The standard InChI is InChI=1S/C19H19N5O2/c25-18(12-4-5-12)21-15-3-1-2-13(8-15)17-22-19(26-23-17)14-6-7-24-11-20-10-16(24)9-14/h1-3,8,10-12,14H,4-7,9H2,(H,21,25)/t14-/m1/s1. The molecule has 0 saturated heterocycles. The first kappa shape index (κ1) is 15.3. The fourth-order valence-electron chi connectivity index (χ4n) is 3.42. The summed E-state index contributed by atoms with van der Waals surface area (Å²) in [6.45, 7) is 0.917. The first-order valence-electron chi connectivity index (χ1n) is 9.00. The number of amides is 1. The van der Waals surface area contributed by atoms with Gasteiger partial charge in [0.2, 0.25) is 17.6 Å². The van der Waals surface area contributed by atoms with E-state index in [2.05, 4.69) is 25.0 Å². The summed E-state index contributed by atoms with van der Waals surface area (Å²) in [4.78, 5) is 20.7. The number of carbonyl (C=O) groups is 1. The van der Waals surface area contributed by atoms with Crippen molar-refractivity contribution in [3.63, 3.8) is 0 Å². The molecule has 2 aliphatic rings. The molecule has 26 heavy (non-hydrogen) atoms. The second-order valence-corrected chi connectivity index (χ2v) is 7.07. The number of hydrogen-bond donors (Lipinski definition) is 1. The van der Waals surface area contributed by atoms with E-state index in [1.165, 1.54) is 5.69 Å². The number of aryl methyl sites for hydroxylation is 1. The van der Waals surface area contributed by atoms with Gasteiger partial charge in [0.15, 0.2) is 0 Å². The maximum Gasteiger partial charge on any atom is 0.230 e. The molecule has 1 atom stereocenters. The molecule has 0 unspecified atom stereocenters. The molecule has 1 aliphatic heterocycles. The minimum atomic E-state index is 0.0924. The monoisotopic (exact) mass is 349 g/mol. The molecule has 3 aromatic rings. The number of rotatable bonds is 4. The molecule has 1 fully saturated rings. The van der Waals surface area contributed by atoms with E-state index in [-0.39, 0.29) is 17.7 Å². The Hall–Kier alpha value is -2.96. The highest BCUT2D eigenvalue weighted by Gasteiger charge is 2.29. The Kier molecular flexibility index (Phi) is 3.58. The van der Waals surface area contributed by atoms with Gasteiger partial charge in [0.05, 0.1) is 6.33 Å². The molecular weight excluding hydrogens is 330 g/mol. The quantitative estimate of drug-likeness (QED) is 0.782. The lowest BCUT2D eigenvalue weighted by molar-refractivity contribution is -0.117. The third-order valence-corrected chi connectivity index (χ3v) is 5.10. The van der Waals surface area contributed by atoms with Crippen LogP contribution in [0, 0.1) is 5.92 Å². The Bertz CT molecular complexity index is 956. The van der Waals surface area contributed by atoms with E-state index in [1.807, 2.05) is 36.8 Å². The van der Waals surface area contributed by atoms with E-state index in [9.17, 15) is 4.79 Å². The minimum Gasteiger partial charge on any atom is -0.339 e. The Morgan fingerprint density at radius 3 is 3.08 bits per heavy atom. The van der Waals surface area contributed by atoms with Crippen molar-refractivity contribution in [1.29, 1.82) is 0 Å². The zero-order valence-corrected chi connectivity index (χ0v) is 14.3. The van der Waals surface area contributed by atoms with E-state index in [0.717, 1.165) is 43.5 Å². The Morgan fingerprint density at radius 2 is 2.19 bits per heavy atom. The average Bonchev–Trinajstić information content (AvgIpc) is 3.21. The fourth-order valence-corrected chi connectivity index (χ4v) is 3.42. The smallest absolute Gasteiger partial charge is 0.230 e. The predicted octanol–water partition coefficient (Wildman–Crippen LogP) is 3.01. The van der Waals surface area contributed by atoms with Gasteiger partial charge in [0.1, 0.15) is 0 Å². The number of fused-ring (bicyclic) bond motifs is 1. The van der Waals surface area contributed by atoms with Crippen molar-refractivity contribution < 1.29 is 9.32 Å². The maximum absolute atomic E-state index is 11.9. The summed E-state index contributed by atoms with van der Waals surface area (Å²) >= 11 is 0. The van der Waals surface area contributed by atoms with Gasteiger partial charge in [-0.05, 0) is 31.4 Å². The van der Waals surface area contributed by atoms with Gasteiger partial charge in [-0.25, -0.2) is 4.98 Å². The number of hydrogen-bond acceptors (Lipinski definition) is 5. The van der Waals surface area contributed by atoms with Gasteiger partial charge in [-0.3, -0.25) is 4.79 Å². The topological polar surface area (TPSA) is 85.8 Å². The van der Waals surface area contributed by atoms with Crippen LogP contribution in [0.25, 0.3) is 11.4 Å². The lowest BCUT2D eigenvalue weighted by atomic mass is 9.96. The third-order valence-electron chi connectivity index (χ3n) is 5.10. The Morgan fingerprint density at radius 1 is 1.27 bits per heavy atom. The average molecular weight is 349 g/mol. The van der Waals surface area contributed by atoms with E-state index >= 15 is 0 Å². The SMILES string of the molecule is O=C(Nc1cccc(-c2noc([C@@H]3CCn4cncc4C3)n2)c1)C1CC1. The van der Waals surface area contributed by atoms with Crippen LogP contribution in [0.2, 0.25) is 0 Å². The Balaban J connectivity index is 1.34. The van der Waals surface area contributed by atoms with Crippen molar-refractivity contribution in [3.8, 4) is 11.4 Å². The van der Waals surface area contributed by atoms with E-state index in [1.54, 1.807) is 0 Å². The summed E-state index contributed by atoms with van der Waals surface area (Å²) in [5.41, 5.74) is 2.81. The molecule has 7 nitrogen and oxygen atoms in total. The van der Waals surface area contributed by atoms with Crippen LogP contribution in [0.3, 0.4) is 0 Å². The zero-order chi connectivity index (χ0) is 17.5. The number of imidazole rings is 1. The lowest BCUT2D eigenvalue weighted by Crippen LogP contribution is -2.17. The molecular formula is C19H19N5O2. The number of aromatic nitrogens is 4. The highest BCUT2D eigenvalue weighted by molar-refractivity contribution is 5.94. The van der Waals surface area contributed by atoms with Gasteiger partial charge in [-0.1, -0.05) is 17.3 Å². The van der Waals surface area contributed by atoms with Crippen LogP contribution in [0.5, 0.6) is 0 Å². The zero-order valence-electron chi connectivity index (χ0n) is 14.3. The number of anilines is 1. The molecule has 5 rings (SSSR count). The molecule has 1 amide bonds. The van der Waals surface area contributed by atoms with Gasteiger partial charge in [-0.15, -0.1) is 0 Å². The van der Waals surface area contributed by atoms with E-state index in [4.69, 9.17) is 4.52 Å². The fraction of sp³-hybridized carbons (Fsp3) is 0.368. The van der Waals surface area contributed by atoms with Gasteiger partial charge in [0.25, 0.3) is 0 Å². The third kappa shape index (κ3) is 2.89. The molecule has 1 saturated carbocycles. The summed E-state index contributed by atoms with van der Waals surface area (Å²) in [6.07, 6.45) is 7.56. The van der Waals surface area contributed by atoms with Crippen LogP contribution in [-0.2, 0) is 17.8 Å². The van der Waals surface area contributed by atoms with Crippen molar-refractivity contribution in [2.75, 3.05) is 5.32 Å². The van der Waals surface area contributed by atoms with Gasteiger partial charge in [0, 0.05) is 47.9 Å². The molecule has 0 bridgehead atoms. The van der Waals surface area contributed by atoms with E-state index < -0.39 is 0 Å². The van der Waals surface area contributed by atoms with Gasteiger partial charge < -0.3 is 14.4 Å². The van der Waals surface area contributed by atoms with Crippen LogP contribution in [0.4, 0.5) is 5.69 Å². The van der Waals surface area contributed by atoms with E-state index in [0.29, 0.717) is 11.7 Å². The summed E-state index contributed by atoms with van der Waals surface area (Å²) < 4.78 is 7.71. The second-order valence-electron chi connectivity index (χ2n) is 7.07. The molecule has 132 valence electrons. The molecule has 1 aliphatic carbocycles. The largest absolute Gasteiger partial charge is 0.339 e. The molecule has 3 heterocycles. The summed E-state index contributed by atoms with van der Waals surface area (Å²) in [5.74, 6) is 1.71. The molecule has 0 radical (unpaired) electrons. The van der Waals surface area contributed by atoms with Crippen molar-refractivity contribution >= 4 is 11.6 Å². The first-order valence-corrected chi connectivity index (χ1v) is 9.00. The lowest BCUT2D eigenvalue weighted by Gasteiger charge is -2.20. The van der Waals surface area contributed by atoms with Crippen LogP contribution in [0.1, 0.15) is 36.8 Å². The predicted molar refractivity (Wildman–Crippen MR) is 94.4 cm³/mol. The number of nitrogens with zero attached hydrogens (tertiary/aromatic N) is 4. The van der Waals surface area contributed by atoms with Crippen LogP contribution in [-0.4, -0.2) is 25.6 Å². The van der Waals surface area contributed by atoms with Gasteiger partial charge in [-0.2, -0.15) is 4.98 Å². The summed E-state index contributed by atoms with van der Waals surface area (Å²) in [6, 6.07) is 7.60. The molecule has 0 spiro atoms. The second kappa shape index (κ2) is 6.09. The van der Waals surface area contributed by atoms with Crippen LogP contribution in [0.15, 0.2) is 41.3 Å². The first-order chi connectivity index (χ1) is 12.8. The number of benzene rings is 1. The number of carbonyl (C=O) groups excluding carboxylic acids is 1. The highest BCUT2D eigenvalue weighted by atomic mass is 16.5. The van der Waals surface area contributed by atoms with Crippen LogP contribution < -0.4 is 5.32 Å². The maximum atomic E-state index is 11.9. The molecule has 7 heteroatoms. The Labute approximate surface area is 150 Å². The minimum absolute atomic E-state index is 0.0924.